The molecule has 1 aromatic rings. The van der Waals surface area contributed by atoms with Gasteiger partial charge in [-0.15, -0.1) is 0 Å². The van der Waals surface area contributed by atoms with E-state index >= 15 is 0 Å². The fraction of sp³-hybridized carbons (Fsp3) is 0.607. The molecule has 1 aromatic heterocycles. The van der Waals surface area contributed by atoms with Gasteiger partial charge in [-0.3, -0.25) is 9.59 Å². The number of aromatic nitrogens is 1. The third kappa shape index (κ3) is 7.07. The number of carboxylic acid groups (broad SMARTS) is 1. The molecule has 4 rings (SSSR count). The predicted molar refractivity (Wildman–Crippen MR) is 141 cm³/mol. The van der Waals surface area contributed by atoms with Gasteiger partial charge in [0.1, 0.15) is 29.3 Å². The van der Waals surface area contributed by atoms with E-state index in [9.17, 15) is 24.3 Å². The van der Waals surface area contributed by atoms with E-state index in [0.29, 0.717) is 25.1 Å². The predicted octanol–water partition coefficient (Wildman–Crippen LogP) is 2.80. The van der Waals surface area contributed by atoms with Crippen LogP contribution in [0.2, 0.25) is 0 Å². The molecule has 1 saturated heterocycles. The first-order valence-corrected chi connectivity index (χ1v) is 13.6. The van der Waals surface area contributed by atoms with Gasteiger partial charge in [-0.1, -0.05) is 31.1 Å². The van der Waals surface area contributed by atoms with Crippen molar-refractivity contribution in [2.45, 2.75) is 95.0 Å². The molecule has 11 heteroatoms. The number of carbonyl (C=O) groups is 4. The number of aliphatic carboxylic acids is 1. The van der Waals surface area contributed by atoms with E-state index < -0.39 is 53.2 Å². The molecule has 5 atom stereocenters. The highest BCUT2D eigenvalue weighted by atomic mass is 16.6. The maximum Gasteiger partial charge on any atom is 0.408 e. The molecule has 0 bridgehead atoms. The molecule has 3 heterocycles. The summed E-state index contributed by atoms with van der Waals surface area (Å²) in [5, 5.41) is 15.4. The minimum atomic E-state index is -1.39. The first kappa shape index (κ1) is 28.4. The van der Waals surface area contributed by atoms with Gasteiger partial charge in [0.2, 0.25) is 17.7 Å². The number of carbonyl (C=O) groups excluding carboxylic acids is 3. The fourth-order valence-corrected chi connectivity index (χ4v) is 5.18. The molecule has 39 heavy (non-hydrogen) atoms. The zero-order chi connectivity index (χ0) is 28.2. The van der Waals surface area contributed by atoms with Crippen LogP contribution in [-0.2, 0) is 19.1 Å². The molecular formula is C28H38N4O7. The second-order valence-corrected chi connectivity index (χ2v) is 11.5. The molecule has 0 unspecified atom stereocenters. The number of fused-ring (bicyclic) bond motifs is 2. The number of nitrogens with one attached hydrogen (secondary N) is 2. The van der Waals surface area contributed by atoms with Crippen molar-refractivity contribution in [2.24, 2.45) is 5.92 Å². The lowest BCUT2D eigenvalue weighted by molar-refractivity contribution is -0.145. The van der Waals surface area contributed by atoms with Crippen molar-refractivity contribution in [1.82, 2.24) is 20.5 Å². The van der Waals surface area contributed by atoms with Crippen molar-refractivity contribution < 1.29 is 33.8 Å². The fourth-order valence-electron chi connectivity index (χ4n) is 5.18. The van der Waals surface area contributed by atoms with Crippen LogP contribution in [0, 0.1) is 5.92 Å². The Morgan fingerprint density at radius 1 is 1.21 bits per heavy atom. The van der Waals surface area contributed by atoms with Crippen LogP contribution in [0.25, 0.3) is 0 Å². The van der Waals surface area contributed by atoms with E-state index in [0.717, 1.165) is 19.3 Å². The summed E-state index contributed by atoms with van der Waals surface area (Å²) in [4.78, 5) is 57.8. The quantitative estimate of drug-likeness (QED) is 0.492. The third-order valence-electron chi connectivity index (χ3n) is 7.24. The molecule has 3 aliphatic rings. The van der Waals surface area contributed by atoms with Crippen LogP contribution in [0.4, 0.5) is 4.79 Å². The van der Waals surface area contributed by atoms with Crippen molar-refractivity contribution in [2.75, 3.05) is 6.54 Å². The molecular weight excluding hydrogens is 504 g/mol. The molecule has 3 amide bonds. The van der Waals surface area contributed by atoms with Crippen LogP contribution < -0.4 is 15.4 Å². The standard InChI is InChI=1S/C28H38N4O7/c1-27(2,3)39-26(37)30-20-12-8-6-4-5-7-11-18-16-28(18,25(35)36)31-23(33)21-15-19(17-32(21)24(20)34)38-22-13-9-10-14-29-22/h7,9-11,13-14,18-21H,4-6,8,12,15-17H2,1-3H3,(H,30,37)(H,31,33)(H,35,36)/t18-,19-,20+,21+,28-/m1/s1. The largest absolute Gasteiger partial charge is 0.479 e. The van der Waals surface area contributed by atoms with E-state index in [1.807, 2.05) is 12.2 Å². The number of rotatable bonds is 4. The van der Waals surface area contributed by atoms with E-state index in [1.54, 1.807) is 45.2 Å². The Balaban J connectivity index is 1.60. The molecule has 0 aromatic carbocycles. The zero-order valence-electron chi connectivity index (χ0n) is 22.7. The highest BCUT2D eigenvalue weighted by Crippen LogP contribution is 2.45. The van der Waals surface area contributed by atoms with Gasteiger partial charge >= 0.3 is 12.1 Å². The SMILES string of the molecule is CC(C)(C)OC(=O)N[C@H]1CCCCCC=C[C@@H]2C[C@@]2(C(=O)O)NC(=O)[C@@H]2C[C@@H](Oc3ccccn3)CN2C1=O. The van der Waals surface area contributed by atoms with E-state index in [-0.39, 0.29) is 18.9 Å². The van der Waals surface area contributed by atoms with Crippen molar-refractivity contribution in [3.05, 3.63) is 36.5 Å². The summed E-state index contributed by atoms with van der Waals surface area (Å²) >= 11 is 0. The zero-order valence-corrected chi connectivity index (χ0v) is 22.7. The first-order chi connectivity index (χ1) is 18.5. The van der Waals surface area contributed by atoms with E-state index in [1.165, 1.54) is 4.90 Å². The van der Waals surface area contributed by atoms with Crippen LogP contribution >= 0.6 is 0 Å². The molecule has 2 fully saturated rings. The van der Waals surface area contributed by atoms with Gasteiger partial charge in [-0.05, 0) is 52.5 Å². The van der Waals surface area contributed by atoms with Gasteiger partial charge in [0.05, 0.1) is 6.54 Å². The van der Waals surface area contributed by atoms with Crippen LogP contribution in [-0.4, -0.2) is 74.7 Å². The van der Waals surface area contributed by atoms with E-state index in [2.05, 4.69) is 15.6 Å². The van der Waals surface area contributed by atoms with E-state index in [4.69, 9.17) is 9.47 Å². The number of alkyl carbamates (subject to hydrolysis) is 1. The summed E-state index contributed by atoms with van der Waals surface area (Å²) in [5.74, 6) is -2.04. The molecule has 1 saturated carbocycles. The van der Waals surface area contributed by atoms with Crippen molar-refractivity contribution in [3.63, 3.8) is 0 Å². The first-order valence-electron chi connectivity index (χ1n) is 13.6. The van der Waals surface area contributed by atoms with Gasteiger partial charge < -0.3 is 30.1 Å². The monoisotopic (exact) mass is 542 g/mol. The molecule has 11 nitrogen and oxygen atoms in total. The van der Waals surface area contributed by atoms with Gasteiger partial charge in [0.25, 0.3) is 0 Å². The Morgan fingerprint density at radius 2 is 2.00 bits per heavy atom. The minimum absolute atomic E-state index is 0.0867. The molecule has 212 valence electrons. The van der Waals surface area contributed by atoms with Gasteiger partial charge in [0.15, 0.2) is 0 Å². The van der Waals surface area contributed by atoms with Crippen molar-refractivity contribution in [1.29, 1.82) is 0 Å². The van der Waals surface area contributed by atoms with Crippen LogP contribution in [0.5, 0.6) is 5.88 Å². The summed E-state index contributed by atoms with van der Waals surface area (Å²) in [7, 11) is 0. The Bertz CT molecular complexity index is 1100. The average molecular weight is 543 g/mol. The Morgan fingerprint density at radius 3 is 2.69 bits per heavy atom. The summed E-state index contributed by atoms with van der Waals surface area (Å²) in [6.07, 6.45) is 8.10. The summed E-state index contributed by atoms with van der Waals surface area (Å²) in [6.45, 7) is 5.30. The van der Waals surface area contributed by atoms with Gasteiger partial charge in [-0.2, -0.15) is 0 Å². The number of hydrogen-bond donors (Lipinski definition) is 3. The molecule has 3 N–H and O–H groups in total. The summed E-state index contributed by atoms with van der Waals surface area (Å²) in [5.41, 5.74) is -2.14. The van der Waals surface area contributed by atoms with Crippen LogP contribution in [0.15, 0.2) is 36.5 Å². The van der Waals surface area contributed by atoms with Crippen LogP contribution in [0.1, 0.15) is 65.7 Å². The molecule has 0 spiro atoms. The lowest BCUT2D eigenvalue weighted by Gasteiger charge is -2.30. The van der Waals surface area contributed by atoms with Gasteiger partial charge in [0, 0.05) is 24.6 Å². The number of carboxylic acids is 1. The maximum atomic E-state index is 13.9. The molecule has 0 radical (unpaired) electrons. The summed E-state index contributed by atoms with van der Waals surface area (Å²) < 4.78 is 11.4. The highest BCUT2D eigenvalue weighted by molar-refractivity contribution is 5.96. The lowest BCUT2D eigenvalue weighted by atomic mass is 10.0. The summed E-state index contributed by atoms with van der Waals surface area (Å²) in [6, 6.07) is 3.33. The Hall–Kier alpha value is -3.63. The Labute approximate surface area is 228 Å². The lowest BCUT2D eigenvalue weighted by Crippen LogP contribution is -2.56. The number of allylic oxidation sites excluding steroid dienone is 1. The number of amides is 3. The minimum Gasteiger partial charge on any atom is -0.479 e. The van der Waals surface area contributed by atoms with Crippen molar-refractivity contribution >= 4 is 23.9 Å². The van der Waals surface area contributed by atoms with Crippen molar-refractivity contribution in [3.8, 4) is 5.88 Å². The third-order valence-corrected chi connectivity index (χ3v) is 7.24. The number of pyridine rings is 1. The number of hydrogen-bond acceptors (Lipinski definition) is 7. The second-order valence-electron chi connectivity index (χ2n) is 11.5. The maximum absolute atomic E-state index is 13.9. The smallest absolute Gasteiger partial charge is 0.408 e. The van der Waals surface area contributed by atoms with Crippen LogP contribution in [0.3, 0.4) is 0 Å². The second kappa shape index (κ2) is 11.6. The number of ether oxygens (including phenoxy) is 2. The highest BCUT2D eigenvalue weighted by Gasteiger charge is 2.61. The Kier molecular flexibility index (Phi) is 8.46. The average Bonchev–Trinajstić information content (AvgIpc) is 3.39. The number of nitrogens with zero attached hydrogens (tertiary/aromatic N) is 2. The normalized spacial score (nSPS) is 29.7. The molecule has 1 aliphatic carbocycles. The molecule has 2 aliphatic heterocycles. The topological polar surface area (TPSA) is 147 Å². The van der Waals surface area contributed by atoms with Gasteiger partial charge in [-0.25, -0.2) is 14.6 Å².